The minimum Gasteiger partial charge on any atom is -0.616 e. The highest BCUT2D eigenvalue weighted by molar-refractivity contribution is 7.91. The molecular formula is C25H35NO3S. The number of hydrogen-bond acceptors (Lipinski definition) is 4. The highest BCUT2D eigenvalue weighted by Crippen LogP contribution is 2.33. The number of ether oxygens (including phenoxy) is 2. The second kappa shape index (κ2) is 14.1. The van der Waals surface area contributed by atoms with Crippen LogP contribution in [0.4, 0.5) is 0 Å². The van der Waals surface area contributed by atoms with Gasteiger partial charge in [0.15, 0.2) is 11.5 Å². The van der Waals surface area contributed by atoms with E-state index >= 15 is 0 Å². The van der Waals surface area contributed by atoms with Crippen LogP contribution in [0.5, 0.6) is 11.5 Å². The molecule has 0 saturated heterocycles. The molecule has 2 aromatic rings. The molecule has 1 aromatic carbocycles. The number of rotatable bonds is 11. The molecule has 0 radical (unpaired) electrons. The van der Waals surface area contributed by atoms with E-state index in [0.717, 1.165) is 35.8 Å². The molecule has 0 amide bonds. The summed E-state index contributed by atoms with van der Waals surface area (Å²) < 4.78 is 23.0. The van der Waals surface area contributed by atoms with Crippen LogP contribution in [-0.4, -0.2) is 27.3 Å². The molecule has 3 rings (SSSR count). The van der Waals surface area contributed by atoms with Gasteiger partial charge in [-0.2, -0.15) is 0 Å². The van der Waals surface area contributed by atoms with Gasteiger partial charge in [0.25, 0.3) is 0 Å². The maximum atomic E-state index is 12.3. The summed E-state index contributed by atoms with van der Waals surface area (Å²) in [7, 11) is 0. The Morgan fingerprint density at radius 2 is 1.87 bits per heavy atom. The smallest absolute Gasteiger partial charge is 0.231 e. The fraction of sp³-hybridized carbons (Fsp3) is 0.480. The Kier molecular flexibility index (Phi) is 11.4. The van der Waals surface area contributed by atoms with Crippen LogP contribution in [0.25, 0.3) is 6.08 Å². The van der Waals surface area contributed by atoms with Crippen LogP contribution in [0.1, 0.15) is 63.6 Å². The monoisotopic (exact) mass is 429 g/mol. The van der Waals surface area contributed by atoms with Crippen LogP contribution in [0, 0.1) is 0 Å². The predicted molar refractivity (Wildman–Crippen MR) is 126 cm³/mol. The lowest BCUT2D eigenvalue weighted by Gasteiger charge is -2.18. The average molecular weight is 430 g/mol. The molecule has 0 fully saturated rings. The second-order valence-electron chi connectivity index (χ2n) is 7.51. The molecule has 0 aliphatic carbocycles. The van der Waals surface area contributed by atoms with E-state index < -0.39 is 11.2 Å². The summed E-state index contributed by atoms with van der Waals surface area (Å²) in [6, 6.07) is 11.7. The van der Waals surface area contributed by atoms with Crippen molar-refractivity contribution in [2.45, 2.75) is 64.0 Å². The fourth-order valence-electron chi connectivity index (χ4n) is 3.22. The first kappa shape index (κ1) is 24.3. The topological polar surface area (TPSA) is 54.4 Å². The van der Waals surface area contributed by atoms with Crippen molar-refractivity contribution in [1.82, 2.24) is 4.98 Å². The van der Waals surface area contributed by atoms with E-state index in [4.69, 9.17) is 9.47 Å². The van der Waals surface area contributed by atoms with Gasteiger partial charge in [-0.05, 0) is 55.7 Å². The highest BCUT2D eigenvalue weighted by atomic mass is 32.2. The number of aromatic nitrogens is 1. The van der Waals surface area contributed by atoms with Crippen molar-refractivity contribution in [2.24, 2.45) is 0 Å². The molecule has 0 saturated carbocycles. The zero-order chi connectivity index (χ0) is 21.6. The van der Waals surface area contributed by atoms with Gasteiger partial charge in [0.2, 0.25) is 6.79 Å². The lowest BCUT2D eigenvalue weighted by atomic mass is 10.1. The van der Waals surface area contributed by atoms with Crippen molar-refractivity contribution in [3.05, 3.63) is 60.4 Å². The largest absolute Gasteiger partial charge is 0.616 e. The van der Waals surface area contributed by atoms with E-state index in [2.05, 4.69) is 25.4 Å². The molecule has 0 N–H and O–H groups in total. The van der Waals surface area contributed by atoms with Gasteiger partial charge in [-0.3, -0.25) is 4.98 Å². The number of pyridine rings is 1. The SMILES string of the molecule is C=Cc1ccccn1.CCCCCCCC[S+]([O-])C(C)Cc1ccc2c(c1)OCO2. The normalized spacial score (nSPS) is 13.8. The Morgan fingerprint density at radius 3 is 2.57 bits per heavy atom. The van der Waals surface area contributed by atoms with Gasteiger partial charge in [0, 0.05) is 12.6 Å². The van der Waals surface area contributed by atoms with Gasteiger partial charge in [-0.15, -0.1) is 0 Å². The summed E-state index contributed by atoms with van der Waals surface area (Å²) in [6.07, 6.45) is 11.8. The maximum Gasteiger partial charge on any atom is 0.231 e. The van der Waals surface area contributed by atoms with Crippen LogP contribution in [0.2, 0.25) is 0 Å². The van der Waals surface area contributed by atoms with Gasteiger partial charge in [-0.25, -0.2) is 0 Å². The summed E-state index contributed by atoms with van der Waals surface area (Å²) >= 11 is -0.743. The molecule has 0 bridgehead atoms. The summed E-state index contributed by atoms with van der Waals surface area (Å²) in [5.74, 6) is 2.45. The van der Waals surface area contributed by atoms with Crippen molar-refractivity contribution in [1.29, 1.82) is 0 Å². The third kappa shape index (κ3) is 8.80. The van der Waals surface area contributed by atoms with Crippen LogP contribution < -0.4 is 9.47 Å². The first-order valence-electron chi connectivity index (χ1n) is 10.9. The first-order chi connectivity index (χ1) is 14.6. The third-order valence-corrected chi connectivity index (χ3v) is 6.76. The van der Waals surface area contributed by atoms with E-state index in [1.807, 2.05) is 36.4 Å². The van der Waals surface area contributed by atoms with E-state index in [-0.39, 0.29) is 5.25 Å². The Balaban J connectivity index is 0.000000335. The minimum absolute atomic E-state index is 0.191. The molecular weight excluding hydrogens is 394 g/mol. The summed E-state index contributed by atoms with van der Waals surface area (Å²) in [5.41, 5.74) is 2.10. The number of benzene rings is 1. The Labute approximate surface area is 184 Å². The van der Waals surface area contributed by atoms with Gasteiger partial charge < -0.3 is 14.0 Å². The van der Waals surface area contributed by atoms with Gasteiger partial charge in [0.05, 0.1) is 5.69 Å². The van der Waals surface area contributed by atoms with Crippen molar-refractivity contribution >= 4 is 17.3 Å². The second-order valence-corrected chi connectivity index (χ2v) is 9.49. The minimum atomic E-state index is -0.743. The molecule has 2 heterocycles. The van der Waals surface area contributed by atoms with Crippen molar-refractivity contribution < 1.29 is 14.0 Å². The maximum absolute atomic E-state index is 12.3. The van der Waals surface area contributed by atoms with Gasteiger partial charge in [0.1, 0.15) is 11.0 Å². The molecule has 30 heavy (non-hydrogen) atoms. The Hall–Kier alpha value is -1.98. The van der Waals surface area contributed by atoms with Gasteiger partial charge in [-0.1, -0.05) is 62.5 Å². The summed E-state index contributed by atoms with van der Waals surface area (Å²) in [6.45, 7) is 8.18. The third-order valence-electron chi connectivity index (χ3n) is 5.00. The lowest BCUT2D eigenvalue weighted by molar-refractivity contribution is 0.174. The van der Waals surface area contributed by atoms with E-state index in [9.17, 15) is 4.55 Å². The molecule has 164 valence electrons. The summed E-state index contributed by atoms with van der Waals surface area (Å²) in [4.78, 5) is 3.98. The van der Waals surface area contributed by atoms with Crippen molar-refractivity contribution in [3.63, 3.8) is 0 Å². The van der Waals surface area contributed by atoms with Crippen LogP contribution in [0.3, 0.4) is 0 Å². The molecule has 4 nitrogen and oxygen atoms in total. The average Bonchev–Trinajstić information content (AvgIpc) is 3.25. The van der Waals surface area contributed by atoms with Crippen molar-refractivity contribution in [2.75, 3.05) is 12.5 Å². The molecule has 2 unspecified atom stereocenters. The molecule has 1 aliphatic heterocycles. The van der Waals surface area contributed by atoms with Crippen LogP contribution in [0.15, 0.2) is 49.2 Å². The zero-order valence-electron chi connectivity index (χ0n) is 18.3. The molecule has 0 spiro atoms. The van der Waals surface area contributed by atoms with E-state index in [0.29, 0.717) is 6.79 Å². The van der Waals surface area contributed by atoms with E-state index in [1.165, 1.54) is 37.7 Å². The Morgan fingerprint density at radius 1 is 1.10 bits per heavy atom. The quantitative estimate of drug-likeness (QED) is 0.316. The Bertz CT molecular complexity index is 738. The molecule has 5 heteroatoms. The number of unbranched alkanes of at least 4 members (excludes halogenated alkanes) is 5. The van der Waals surface area contributed by atoms with Crippen LogP contribution in [-0.2, 0) is 17.6 Å². The predicted octanol–water partition coefficient (Wildman–Crippen LogP) is 6.18. The zero-order valence-corrected chi connectivity index (χ0v) is 19.2. The van der Waals surface area contributed by atoms with Crippen molar-refractivity contribution in [3.8, 4) is 11.5 Å². The molecule has 1 aromatic heterocycles. The first-order valence-corrected chi connectivity index (χ1v) is 12.3. The summed E-state index contributed by atoms with van der Waals surface area (Å²) in [5, 5.41) is 0.191. The van der Waals surface area contributed by atoms with Gasteiger partial charge >= 0.3 is 0 Å². The standard InChI is InChI=1S/C18H28O3S.C7H7N/c1-3-4-5-6-7-8-11-22(19)15(2)12-16-9-10-17-18(13-16)21-14-20-17;1-2-7-5-3-4-6-8-7/h9-10,13,15H,3-8,11-12,14H2,1-2H3;2-6H,1H2. The molecule has 2 atom stereocenters. The number of fused-ring (bicyclic) bond motifs is 1. The number of hydrogen-bond donors (Lipinski definition) is 0. The fourth-order valence-corrected chi connectivity index (χ4v) is 4.48. The lowest BCUT2D eigenvalue weighted by Crippen LogP contribution is -2.23. The molecule has 1 aliphatic rings. The van der Waals surface area contributed by atoms with Crippen LogP contribution >= 0.6 is 0 Å². The number of nitrogens with zero attached hydrogens (tertiary/aromatic N) is 1. The van der Waals surface area contributed by atoms with E-state index in [1.54, 1.807) is 12.3 Å². The highest BCUT2D eigenvalue weighted by Gasteiger charge is 2.19.